The van der Waals surface area contributed by atoms with Gasteiger partial charge in [0, 0.05) is 4.88 Å². The Balaban J connectivity index is 2.36. The topological polar surface area (TPSA) is 46.5 Å². The summed E-state index contributed by atoms with van der Waals surface area (Å²) < 4.78 is 5.06. The molecule has 0 fully saturated rings. The number of carboxylic acids is 1. The average Bonchev–Trinajstić information content (AvgIpc) is 2.90. The van der Waals surface area contributed by atoms with Crippen LogP contribution in [0.4, 0.5) is 0 Å². The summed E-state index contributed by atoms with van der Waals surface area (Å²) in [5.41, 5.74) is 1.14. The number of carboxylic acid groups (broad SMARTS) is 1. The number of carbonyl (C=O) groups is 1. The van der Waals surface area contributed by atoms with Crippen LogP contribution in [0.5, 0.6) is 5.75 Å². The van der Waals surface area contributed by atoms with Gasteiger partial charge in [-0.1, -0.05) is 18.2 Å². The van der Waals surface area contributed by atoms with E-state index in [4.69, 9.17) is 4.74 Å². The summed E-state index contributed by atoms with van der Waals surface area (Å²) in [7, 11) is 1.60. The largest absolute Gasteiger partial charge is 0.497 e. The zero-order valence-corrected chi connectivity index (χ0v) is 10.6. The average molecular weight is 260 g/mol. The highest BCUT2D eigenvalue weighted by Crippen LogP contribution is 2.23. The molecule has 0 atom stereocenters. The predicted molar refractivity (Wildman–Crippen MR) is 72.8 cm³/mol. The van der Waals surface area contributed by atoms with E-state index in [1.165, 1.54) is 11.3 Å². The lowest BCUT2D eigenvalue weighted by Gasteiger charge is -2.02. The first-order chi connectivity index (χ1) is 8.70. The fourth-order valence-electron chi connectivity index (χ4n) is 1.54. The van der Waals surface area contributed by atoms with E-state index in [0.29, 0.717) is 5.57 Å². The molecule has 0 aliphatic heterocycles. The zero-order valence-electron chi connectivity index (χ0n) is 9.79. The molecule has 18 heavy (non-hydrogen) atoms. The van der Waals surface area contributed by atoms with Crippen LogP contribution in [-0.2, 0) is 4.79 Å². The minimum absolute atomic E-state index is 0.301. The second-order valence-electron chi connectivity index (χ2n) is 3.61. The van der Waals surface area contributed by atoms with Crippen molar-refractivity contribution in [2.24, 2.45) is 0 Å². The van der Waals surface area contributed by atoms with E-state index >= 15 is 0 Å². The van der Waals surface area contributed by atoms with E-state index in [1.54, 1.807) is 31.4 Å². The molecule has 1 N–H and O–H groups in total. The van der Waals surface area contributed by atoms with E-state index in [1.807, 2.05) is 23.6 Å². The third-order valence-electron chi connectivity index (χ3n) is 2.44. The number of thiophene rings is 1. The van der Waals surface area contributed by atoms with Crippen molar-refractivity contribution < 1.29 is 14.6 Å². The minimum Gasteiger partial charge on any atom is -0.497 e. The molecular weight excluding hydrogens is 248 g/mol. The molecule has 2 rings (SSSR count). The SMILES string of the molecule is COc1ccc(/C=C(\C(=O)O)c2cccs2)cc1. The van der Waals surface area contributed by atoms with Crippen LogP contribution in [0.25, 0.3) is 11.6 Å². The van der Waals surface area contributed by atoms with Crippen molar-refractivity contribution in [1.82, 2.24) is 0 Å². The Hall–Kier alpha value is -2.07. The third-order valence-corrected chi connectivity index (χ3v) is 3.35. The highest BCUT2D eigenvalue weighted by molar-refractivity contribution is 7.11. The van der Waals surface area contributed by atoms with Crippen LogP contribution in [0, 0.1) is 0 Å². The number of aliphatic carboxylic acids is 1. The first-order valence-corrected chi connectivity index (χ1v) is 6.21. The van der Waals surface area contributed by atoms with Crippen molar-refractivity contribution in [2.45, 2.75) is 0 Å². The Labute approximate surface area is 109 Å². The Kier molecular flexibility index (Phi) is 3.79. The van der Waals surface area contributed by atoms with Gasteiger partial charge in [0.15, 0.2) is 0 Å². The Morgan fingerprint density at radius 1 is 1.28 bits per heavy atom. The molecule has 0 bridgehead atoms. The van der Waals surface area contributed by atoms with E-state index < -0.39 is 5.97 Å². The maximum Gasteiger partial charge on any atom is 0.337 e. The molecule has 0 saturated carbocycles. The molecule has 4 heteroatoms. The fourth-order valence-corrected chi connectivity index (χ4v) is 2.27. The van der Waals surface area contributed by atoms with Crippen LogP contribution >= 0.6 is 11.3 Å². The van der Waals surface area contributed by atoms with Gasteiger partial charge in [0.1, 0.15) is 5.75 Å². The molecule has 0 amide bonds. The predicted octanol–water partition coefficient (Wildman–Crippen LogP) is 3.38. The Bertz CT molecular complexity index is 553. The van der Waals surface area contributed by atoms with Gasteiger partial charge in [-0.2, -0.15) is 0 Å². The highest BCUT2D eigenvalue weighted by atomic mass is 32.1. The van der Waals surface area contributed by atoms with Crippen LogP contribution in [0.3, 0.4) is 0 Å². The van der Waals surface area contributed by atoms with Crippen molar-refractivity contribution in [3.8, 4) is 5.75 Å². The molecule has 3 nitrogen and oxygen atoms in total. The number of hydrogen-bond acceptors (Lipinski definition) is 3. The van der Waals surface area contributed by atoms with Gasteiger partial charge in [-0.25, -0.2) is 4.79 Å². The van der Waals surface area contributed by atoms with E-state index in [0.717, 1.165) is 16.2 Å². The summed E-state index contributed by atoms with van der Waals surface area (Å²) in [4.78, 5) is 12.0. The molecule has 0 aliphatic carbocycles. The number of methoxy groups -OCH3 is 1. The normalized spacial score (nSPS) is 11.3. The van der Waals surface area contributed by atoms with E-state index in [2.05, 4.69) is 0 Å². The van der Waals surface area contributed by atoms with Crippen LogP contribution in [-0.4, -0.2) is 18.2 Å². The van der Waals surface area contributed by atoms with E-state index in [9.17, 15) is 9.90 Å². The molecule has 2 aromatic rings. The van der Waals surface area contributed by atoms with Gasteiger partial charge in [-0.3, -0.25) is 0 Å². The summed E-state index contributed by atoms with van der Waals surface area (Å²) in [6.45, 7) is 0. The summed E-state index contributed by atoms with van der Waals surface area (Å²) in [6.07, 6.45) is 1.66. The van der Waals surface area contributed by atoms with Crippen LogP contribution in [0.2, 0.25) is 0 Å². The maximum absolute atomic E-state index is 11.2. The smallest absolute Gasteiger partial charge is 0.337 e. The lowest BCUT2D eigenvalue weighted by Crippen LogP contribution is -1.97. The zero-order chi connectivity index (χ0) is 13.0. The number of rotatable bonds is 4. The van der Waals surface area contributed by atoms with Gasteiger partial charge in [0.05, 0.1) is 12.7 Å². The maximum atomic E-state index is 11.2. The highest BCUT2D eigenvalue weighted by Gasteiger charge is 2.11. The summed E-state index contributed by atoms with van der Waals surface area (Å²) in [5, 5.41) is 11.1. The number of hydrogen-bond donors (Lipinski definition) is 1. The lowest BCUT2D eigenvalue weighted by molar-refractivity contribution is -0.130. The number of ether oxygens (including phenoxy) is 1. The molecule has 0 unspecified atom stereocenters. The van der Waals surface area contributed by atoms with Gasteiger partial charge in [-0.15, -0.1) is 11.3 Å². The lowest BCUT2D eigenvalue weighted by atomic mass is 10.1. The van der Waals surface area contributed by atoms with Crippen molar-refractivity contribution in [2.75, 3.05) is 7.11 Å². The standard InChI is InChI=1S/C14H12O3S/c1-17-11-6-4-10(5-7-11)9-12(14(15)16)13-3-2-8-18-13/h2-9H,1H3,(H,15,16)/b12-9-. The third kappa shape index (κ3) is 2.78. The molecule has 1 heterocycles. The molecule has 0 aliphatic rings. The van der Waals surface area contributed by atoms with Crippen molar-refractivity contribution in [3.63, 3.8) is 0 Å². The Morgan fingerprint density at radius 3 is 2.50 bits per heavy atom. The van der Waals surface area contributed by atoms with Crippen LogP contribution in [0.1, 0.15) is 10.4 Å². The van der Waals surface area contributed by atoms with Gasteiger partial charge >= 0.3 is 5.97 Å². The first-order valence-electron chi connectivity index (χ1n) is 5.33. The second kappa shape index (κ2) is 5.51. The molecule has 92 valence electrons. The minimum atomic E-state index is -0.923. The van der Waals surface area contributed by atoms with Crippen LogP contribution in [0.15, 0.2) is 41.8 Å². The number of benzene rings is 1. The molecule has 0 spiro atoms. The van der Waals surface area contributed by atoms with Crippen molar-refractivity contribution in [3.05, 3.63) is 52.2 Å². The quantitative estimate of drug-likeness (QED) is 0.857. The summed E-state index contributed by atoms with van der Waals surface area (Å²) in [5.74, 6) is -0.173. The monoisotopic (exact) mass is 260 g/mol. The van der Waals surface area contributed by atoms with Crippen molar-refractivity contribution >= 4 is 29.0 Å². The van der Waals surface area contributed by atoms with Crippen molar-refractivity contribution in [1.29, 1.82) is 0 Å². The van der Waals surface area contributed by atoms with Gasteiger partial charge in [-0.05, 0) is 35.2 Å². The molecule has 0 radical (unpaired) electrons. The second-order valence-corrected chi connectivity index (χ2v) is 4.56. The fraction of sp³-hybridized carbons (Fsp3) is 0.0714. The Morgan fingerprint density at radius 2 is 2.00 bits per heavy atom. The molecule has 1 aromatic carbocycles. The van der Waals surface area contributed by atoms with Gasteiger partial charge in [0.25, 0.3) is 0 Å². The summed E-state index contributed by atoms with van der Waals surface area (Å²) in [6, 6.07) is 10.9. The van der Waals surface area contributed by atoms with Crippen LogP contribution < -0.4 is 4.74 Å². The van der Waals surface area contributed by atoms with E-state index in [-0.39, 0.29) is 0 Å². The first kappa shape index (κ1) is 12.4. The molecular formula is C14H12O3S. The summed E-state index contributed by atoms with van der Waals surface area (Å²) >= 11 is 1.41. The van der Waals surface area contributed by atoms with Gasteiger partial charge in [0.2, 0.25) is 0 Å². The molecule has 0 saturated heterocycles. The van der Waals surface area contributed by atoms with Gasteiger partial charge < -0.3 is 9.84 Å². The molecule has 1 aromatic heterocycles.